The molecule has 0 aliphatic rings. The van der Waals surface area contributed by atoms with Crippen LogP contribution in [0.2, 0.25) is 0 Å². The van der Waals surface area contributed by atoms with Crippen molar-refractivity contribution >= 4 is 11.3 Å². The summed E-state index contributed by atoms with van der Waals surface area (Å²) >= 11 is 1.53. The van der Waals surface area contributed by atoms with E-state index >= 15 is 0 Å². The van der Waals surface area contributed by atoms with Crippen LogP contribution in [-0.4, -0.2) is 6.54 Å². The topological polar surface area (TPSA) is 59.0 Å². The highest BCUT2D eigenvalue weighted by atomic mass is 32.1. The van der Waals surface area contributed by atoms with E-state index in [4.69, 9.17) is 15.7 Å². The van der Waals surface area contributed by atoms with Crippen molar-refractivity contribution < 1.29 is 9.13 Å². The number of halogens is 1. The van der Waals surface area contributed by atoms with Crippen molar-refractivity contribution in [1.29, 1.82) is 5.26 Å². The van der Waals surface area contributed by atoms with E-state index in [1.165, 1.54) is 23.5 Å². The Morgan fingerprint density at radius 3 is 2.89 bits per heavy atom. The number of hydrogen-bond acceptors (Lipinski definition) is 4. The van der Waals surface area contributed by atoms with Crippen molar-refractivity contribution in [2.45, 2.75) is 6.10 Å². The third-order valence-corrected chi connectivity index (χ3v) is 3.19. The second kappa shape index (κ2) is 5.63. The molecule has 0 aliphatic carbocycles. The number of hydrogen-bond donors (Lipinski definition) is 1. The van der Waals surface area contributed by atoms with Gasteiger partial charge in [-0.25, -0.2) is 4.39 Å². The summed E-state index contributed by atoms with van der Waals surface area (Å²) in [7, 11) is 0. The smallest absolute Gasteiger partial charge is 0.144 e. The molecule has 0 saturated heterocycles. The van der Waals surface area contributed by atoms with E-state index in [1.54, 1.807) is 12.1 Å². The molecular weight excluding hydrogens is 251 g/mol. The molecule has 0 radical (unpaired) electrons. The van der Waals surface area contributed by atoms with Crippen LogP contribution < -0.4 is 10.5 Å². The van der Waals surface area contributed by atoms with Gasteiger partial charge in [-0.1, -0.05) is 6.07 Å². The molecule has 2 aromatic rings. The molecule has 0 bridgehead atoms. The third-order valence-electron chi connectivity index (χ3n) is 2.49. The molecular formula is C13H11FN2OS. The van der Waals surface area contributed by atoms with Gasteiger partial charge in [-0.05, 0) is 29.0 Å². The van der Waals surface area contributed by atoms with Gasteiger partial charge in [0.1, 0.15) is 29.3 Å². The largest absolute Gasteiger partial charge is 0.483 e. The van der Waals surface area contributed by atoms with E-state index in [0.717, 1.165) is 5.56 Å². The Hall–Kier alpha value is -1.90. The molecule has 1 aromatic heterocycles. The van der Waals surface area contributed by atoms with E-state index < -0.39 is 5.82 Å². The highest BCUT2D eigenvalue weighted by molar-refractivity contribution is 7.07. The Balaban J connectivity index is 2.29. The molecule has 1 atom stereocenters. The van der Waals surface area contributed by atoms with Gasteiger partial charge in [0.15, 0.2) is 0 Å². The van der Waals surface area contributed by atoms with E-state index in [1.807, 2.05) is 16.8 Å². The Labute approximate surface area is 108 Å². The summed E-state index contributed by atoms with van der Waals surface area (Å²) < 4.78 is 19.0. The van der Waals surface area contributed by atoms with Crippen LogP contribution in [0.25, 0.3) is 0 Å². The fourth-order valence-electron chi connectivity index (χ4n) is 1.57. The van der Waals surface area contributed by atoms with Gasteiger partial charge in [-0.15, -0.1) is 0 Å². The van der Waals surface area contributed by atoms with E-state index in [2.05, 4.69) is 0 Å². The lowest BCUT2D eigenvalue weighted by Gasteiger charge is -2.17. The zero-order chi connectivity index (χ0) is 13.0. The van der Waals surface area contributed by atoms with Gasteiger partial charge in [0.05, 0.1) is 0 Å². The van der Waals surface area contributed by atoms with Crippen molar-refractivity contribution in [2.24, 2.45) is 5.73 Å². The van der Waals surface area contributed by atoms with Crippen molar-refractivity contribution in [3.63, 3.8) is 0 Å². The second-order valence-corrected chi connectivity index (χ2v) is 4.40. The third kappa shape index (κ3) is 2.50. The van der Waals surface area contributed by atoms with Gasteiger partial charge in [0.2, 0.25) is 0 Å². The number of benzene rings is 1. The number of ether oxygens (including phenoxy) is 1. The van der Waals surface area contributed by atoms with Crippen LogP contribution in [0.3, 0.4) is 0 Å². The molecule has 0 aliphatic heterocycles. The zero-order valence-electron chi connectivity index (χ0n) is 9.47. The van der Waals surface area contributed by atoms with E-state index in [0.29, 0.717) is 0 Å². The number of nitrogens with two attached hydrogens (primary N) is 1. The molecule has 0 saturated carbocycles. The van der Waals surface area contributed by atoms with Gasteiger partial charge in [-0.2, -0.15) is 16.6 Å². The van der Waals surface area contributed by atoms with Crippen LogP contribution in [0.4, 0.5) is 4.39 Å². The first-order valence-corrected chi connectivity index (χ1v) is 6.28. The monoisotopic (exact) mass is 262 g/mol. The van der Waals surface area contributed by atoms with Crippen LogP contribution in [-0.2, 0) is 0 Å². The van der Waals surface area contributed by atoms with Crippen molar-refractivity contribution in [3.05, 3.63) is 52.0 Å². The standard InChI is InChI=1S/C13H11FN2OS/c14-11-2-1-3-12(10(11)6-15)17-13(7-16)9-4-5-18-8-9/h1-5,8,13H,7,16H2. The number of nitriles is 1. The summed E-state index contributed by atoms with van der Waals surface area (Å²) in [6, 6.07) is 8.00. The average molecular weight is 262 g/mol. The Kier molecular flexibility index (Phi) is 3.92. The Bertz CT molecular complexity index is 563. The summed E-state index contributed by atoms with van der Waals surface area (Å²) in [5.74, 6) is -0.366. The first-order chi connectivity index (χ1) is 8.76. The van der Waals surface area contributed by atoms with Crippen molar-refractivity contribution in [3.8, 4) is 11.8 Å². The normalized spacial score (nSPS) is 11.8. The van der Waals surface area contributed by atoms with Crippen LogP contribution in [0.5, 0.6) is 5.75 Å². The zero-order valence-corrected chi connectivity index (χ0v) is 10.3. The predicted octanol–water partition coefficient (Wildman–Crippen LogP) is 2.84. The maximum atomic E-state index is 13.4. The minimum Gasteiger partial charge on any atom is -0.483 e. The lowest BCUT2D eigenvalue weighted by atomic mass is 10.1. The molecule has 0 fully saturated rings. The summed E-state index contributed by atoms with van der Waals surface area (Å²) in [4.78, 5) is 0. The average Bonchev–Trinajstić information content (AvgIpc) is 2.89. The lowest BCUT2D eigenvalue weighted by Crippen LogP contribution is -2.18. The minimum absolute atomic E-state index is 0.0915. The molecule has 2 rings (SSSR count). The van der Waals surface area contributed by atoms with Crippen LogP contribution >= 0.6 is 11.3 Å². The summed E-state index contributed by atoms with van der Waals surface area (Å²) in [5, 5.41) is 12.8. The molecule has 18 heavy (non-hydrogen) atoms. The van der Waals surface area contributed by atoms with Gasteiger partial charge in [-0.3, -0.25) is 0 Å². The van der Waals surface area contributed by atoms with Gasteiger partial charge < -0.3 is 10.5 Å². The second-order valence-electron chi connectivity index (χ2n) is 3.62. The SMILES string of the molecule is N#Cc1c(F)cccc1OC(CN)c1ccsc1. The van der Waals surface area contributed by atoms with E-state index in [9.17, 15) is 4.39 Å². The maximum Gasteiger partial charge on any atom is 0.144 e. The summed E-state index contributed by atoms with van der Waals surface area (Å²) in [6.45, 7) is 0.262. The highest BCUT2D eigenvalue weighted by Gasteiger charge is 2.16. The molecule has 2 N–H and O–H groups in total. The lowest BCUT2D eigenvalue weighted by molar-refractivity contribution is 0.213. The molecule has 1 aromatic carbocycles. The Morgan fingerprint density at radius 1 is 1.44 bits per heavy atom. The number of thiophene rings is 1. The number of rotatable bonds is 4. The van der Waals surface area contributed by atoms with Crippen molar-refractivity contribution in [2.75, 3.05) is 6.54 Å². The minimum atomic E-state index is -0.587. The number of nitrogens with zero attached hydrogens (tertiary/aromatic N) is 1. The first kappa shape index (κ1) is 12.6. The molecule has 0 spiro atoms. The summed E-state index contributed by atoms with van der Waals surface area (Å²) in [5.41, 5.74) is 6.48. The fraction of sp³-hybridized carbons (Fsp3) is 0.154. The molecule has 3 nitrogen and oxygen atoms in total. The fourth-order valence-corrected chi connectivity index (χ4v) is 2.28. The molecule has 92 valence electrons. The highest BCUT2D eigenvalue weighted by Crippen LogP contribution is 2.27. The predicted molar refractivity (Wildman–Crippen MR) is 67.9 cm³/mol. The van der Waals surface area contributed by atoms with Gasteiger partial charge in [0, 0.05) is 12.1 Å². The quantitative estimate of drug-likeness (QED) is 0.921. The Morgan fingerprint density at radius 2 is 2.28 bits per heavy atom. The van der Waals surface area contributed by atoms with Crippen LogP contribution in [0, 0.1) is 17.1 Å². The summed E-state index contributed by atoms with van der Waals surface area (Å²) in [6.07, 6.45) is -0.370. The molecule has 0 amide bonds. The van der Waals surface area contributed by atoms with E-state index in [-0.39, 0.29) is 24.0 Å². The van der Waals surface area contributed by atoms with Gasteiger partial charge in [0.25, 0.3) is 0 Å². The van der Waals surface area contributed by atoms with Crippen LogP contribution in [0.15, 0.2) is 35.0 Å². The van der Waals surface area contributed by atoms with Crippen molar-refractivity contribution in [1.82, 2.24) is 0 Å². The first-order valence-electron chi connectivity index (χ1n) is 5.33. The maximum absolute atomic E-state index is 13.4. The molecule has 5 heteroatoms. The molecule has 1 heterocycles. The van der Waals surface area contributed by atoms with Gasteiger partial charge >= 0.3 is 0 Å². The molecule has 1 unspecified atom stereocenters. The van der Waals surface area contributed by atoms with Crippen LogP contribution in [0.1, 0.15) is 17.2 Å².